The number of anilines is 2. The van der Waals surface area contributed by atoms with Gasteiger partial charge in [-0.05, 0) is 73.5 Å². The van der Waals surface area contributed by atoms with Gasteiger partial charge in [-0.3, -0.25) is 19.1 Å². The molecular formula is C24H20Cl2N2O7S. The molecule has 0 spiro atoms. The van der Waals surface area contributed by atoms with Crippen molar-refractivity contribution >= 4 is 62.4 Å². The predicted molar refractivity (Wildman–Crippen MR) is 135 cm³/mol. The van der Waals surface area contributed by atoms with Crippen LogP contribution < -0.4 is 10.0 Å². The summed E-state index contributed by atoms with van der Waals surface area (Å²) in [6.45, 7) is 1.07. The number of sulfonamides is 1. The molecule has 0 bridgehead atoms. The zero-order valence-corrected chi connectivity index (χ0v) is 21.0. The van der Waals surface area contributed by atoms with Crippen molar-refractivity contribution in [3.8, 4) is 0 Å². The Morgan fingerprint density at radius 2 is 1.42 bits per heavy atom. The molecule has 0 aliphatic carbocycles. The van der Waals surface area contributed by atoms with Crippen LogP contribution in [0.5, 0.6) is 0 Å². The number of rotatable bonds is 9. The zero-order valence-electron chi connectivity index (χ0n) is 18.7. The van der Waals surface area contributed by atoms with E-state index in [1.165, 1.54) is 42.5 Å². The topological polar surface area (TPSA) is 150 Å². The zero-order chi connectivity index (χ0) is 26.7. The molecule has 12 heteroatoms. The Bertz CT molecular complexity index is 1410. The SMILES string of the molecule is CC(Cc1ccc(S(=O)(=O)Nc2ccc(Cl)cc2C(=O)Nc2ccc(Cl)cc2)cc1)(C(=O)O)C(=O)O. The van der Waals surface area contributed by atoms with Crippen molar-refractivity contribution in [2.45, 2.75) is 18.2 Å². The molecule has 0 saturated heterocycles. The highest BCUT2D eigenvalue weighted by Gasteiger charge is 2.41. The van der Waals surface area contributed by atoms with Gasteiger partial charge in [-0.15, -0.1) is 0 Å². The van der Waals surface area contributed by atoms with Crippen molar-refractivity contribution in [3.63, 3.8) is 0 Å². The minimum atomic E-state index is -4.18. The second-order valence-electron chi connectivity index (χ2n) is 8.02. The molecule has 0 saturated carbocycles. The summed E-state index contributed by atoms with van der Waals surface area (Å²) >= 11 is 11.9. The maximum Gasteiger partial charge on any atom is 0.321 e. The molecule has 0 heterocycles. The van der Waals surface area contributed by atoms with E-state index in [4.69, 9.17) is 23.2 Å². The van der Waals surface area contributed by atoms with Crippen LogP contribution in [0, 0.1) is 5.41 Å². The van der Waals surface area contributed by atoms with Gasteiger partial charge < -0.3 is 15.5 Å². The third-order valence-corrected chi connectivity index (χ3v) is 7.18. The Labute approximate surface area is 216 Å². The molecule has 4 N–H and O–H groups in total. The maximum absolute atomic E-state index is 13.0. The Morgan fingerprint density at radius 3 is 1.97 bits per heavy atom. The number of hydrogen-bond acceptors (Lipinski definition) is 5. The number of amides is 1. The number of carboxylic acid groups (broad SMARTS) is 2. The minimum Gasteiger partial charge on any atom is -0.480 e. The summed E-state index contributed by atoms with van der Waals surface area (Å²) in [6.07, 6.45) is -0.350. The quantitative estimate of drug-likeness (QED) is 0.280. The van der Waals surface area contributed by atoms with E-state index in [-0.39, 0.29) is 27.6 Å². The van der Waals surface area contributed by atoms with Gasteiger partial charge in [0, 0.05) is 15.7 Å². The molecule has 188 valence electrons. The number of carboxylic acids is 2. The Kier molecular flexibility index (Phi) is 7.92. The van der Waals surface area contributed by atoms with Gasteiger partial charge in [-0.25, -0.2) is 8.42 Å². The highest BCUT2D eigenvalue weighted by molar-refractivity contribution is 7.92. The molecule has 0 unspecified atom stereocenters. The van der Waals surface area contributed by atoms with Gasteiger partial charge in [-0.1, -0.05) is 35.3 Å². The lowest BCUT2D eigenvalue weighted by Crippen LogP contribution is -2.38. The summed E-state index contributed by atoms with van der Waals surface area (Å²) in [5, 5.41) is 21.9. The van der Waals surface area contributed by atoms with Crippen LogP contribution in [0.25, 0.3) is 0 Å². The van der Waals surface area contributed by atoms with Crippen molar-refractivity contribution in [1.82, 2.24) is 0 Å². The molecule has 3 rings (SSSR count). The van der Waals surface area contributed by atoms with E-state index in [1.807, 2.05) is 0 Å². The number of hydrogen-bond donors (Lipinski definition) is 4. The lowest BCUT2D eigenvalue weighted by atomic mass is 9.84. The molecule has 36 heavy (non-hydrogen) atoms. The highest BCUT2D eigenvalue weighted by atomic mass is 35.5. The van der Waals surface area contributed by atoms with Gasteiger partial charge >= 0.3 is 11.9 Å². The molecular weight excluding hydrogens is 531 g/mol. The Balaban J connectivity index is 1.84. The first-order chi connectivity index (χ1) is 16.8. The summed E-state index contributed by atoms with van der Waals surface area (Å²) in [5.41, 5.74) is -1.39. The van der Waals surface area contributed by atoms with E-state index >= 15 is 0 Å². The molecule has 0 aromatic heterocycles. The minimum absolute atomic E-state index is 0.0285. The van der Waals surface area contributed by atoms with Crippen LogP contribution in [-0.2, 0) is 26.0 Å². The lowest BCUT2D eigenvalue weighted by Gasteiger charge is -2.19. The van der Waals surface area contributed by atoms with Crippen molar-refractivity contribution in [1.29, 1.82) is 0 Å². The Hall–Kier alpha value is -3.60. The maximum atomic E-state index is 13.0. The van der Waals surface area contributed by atoms with E-state index in [0.29, 0.717) is 16.3 Å². The summed E-state index contributed by atoms with van der Waals surface area (Å²) < 4.78 is 28.3. The van der Waals surface area contributed by atoms with Gasteiger partial charge in [0.15, 0.2) is 5.41 Å². The number of aliphatic carboxylic acids is 2. The third kappa shape index (κ3) is 6.14. The second kappa shape index (κ2) is 10.6. The fraction of sp³-hybridized carbons (Fsp3) is 0.125. The monoisotopic (exact) mass is 550 g/mol. The van der Waals surface area contributed by atoms with Crippen LogP contribution in [0.1, 0.15) is 22.8 Å². The fourth-order valence-electron chi connectivity index (χ4n) is 3.17. The van der Waals surface area contributed by atoms with Crippen LogP contribution in [-0.4, -0.2) is 36.5 Å². The number of halogens is 2. The van der Waals surface area contributed by atoms with Crippen molar-refractivity contribution in [2.75, 3.05) is 10.0 Å². The van der Waals surface area contributed by atoms with Crippen molar-refractivity contribution in [2.24, 2.45) is 5.41 Å². The van der Waals surface area contributed by atoms with Gasteiger partial charge in [0.05, 0.1) is 16.1 Å². The van der Waals surface area contributed by atoms with Crippen LogP contribution in [0.3, 0.4) is 0 Å². The van der Waals surface area contributed by atoms with Crippen molar-refractivity contribution in [3.05, 3.63) is 87.9 Å². The molecule has 3 aromatic rings. The lowest BCUT2D eigenvalue weighted by molar-refractivity contribution is -0.163. The smallest absolute Gasteiger partial charge is 0.321 e. The van der Waals surface area contributed by atoms with Gasteiger partial charge in [-0.2, -0.15) is 0 Å². The highest BCUT2D eigenvalue weighted by Crippen LogP contribution is 2.27. The molecule has 0 aliphatic rings. The number of carbonyl (C=O) groups is 3. The second-order valence-corrected chi connectivity index (χ2v) is 10.6. The van der Waals surface area contributed by atoms with Gasteiger partial charge in [0.25, 0.3) is 15.9 Å². The average molecular weight is 551 g/mol. The fourth-order valence-corrected chi connectivity index (χ4v) is 4.54. The third-order valence-electron chi connectivity index (χ3n) is 5.31. The Morgan fingerprint density at radius 1 is 0.861 bits per heavy atom. The molecule has 0 atom stereocenters. The molecule has 0 fully saturated rings. The van der Waals surface area contributed by atoms with Crippen LogP contribution in [0.2, 0.25) is 10.0 Å². The predicted octanol–water partition coefficient (Wildman–Crippen LogP) is 4.76. The first-order valence-corrected chi connectivity index (χ1v) is 12.5. The summed E-state index contributed by atoms with van der Waals surface area (Å²) in [7, 11) is -4.18. The van der Waals surface area contributed by atoms with Gasteiger partial charge in [0.1, 0.15) is 0 Å². The van der Waals surface area contributed by atoms with Crippen LogP contribution in [0.15, 0.2) is 71.6 Å². The first kappa shape index (κ1) is 27.0. The van der Waals surface area contributed by atoms with Crippen LogP contribution in [0.4, 0.5) is 11.4 Å². The molecule has 1 amide bonds. The average Bonchev–Trinajstić information content (AvgIpc) is 2.81. The number of nitrogens with one attached hydrogen (secondary N) is 2. The van der Waals surface area contributed by atoms with Crippen LogP contribution >= 0.6 is 23.2 Å². The van der Waals surface area contributed by atoms with E-state index in [2.05, 4.69) is 10.0 Å². The van der Waals surface area contributed by atoms with E-state index in [0.717, 1.165) is 6.92 Å². The molecule has 0 radical (unpaired) electrons. The van der Waals surface area contributed by atoms with E-state index in [1.54, 1.807) is 24.3 Å². The molecule has 9 nitrogen and oxygen atoms in total. The number of carbonyl (C=O) groups excluding carboxylic acids is 1. The largest absolute Gasteiger partial charge is 0.480 e. The van der Waals surface area contributed by atoms with E-state index in [9.17, 15) is 33.0 Å². The molecule has 0 aliphatic heterocycles. The standard InChI is InChI=1S/C24H20Cl2N2O7S/c1-24(22(30)31,23(32)33)13-14-2-9-18(10-3-14)36(34,35)28-20-11-6-16(26)12-19(20)21(29)27-17-7-4-15(25)5-8-17/h2-12,28H,13H2,1H3,(H,27,29)(H,30,31)(H,32,33). The molecule has 3 aromatic carbocycles. The summed E-state index contributed by atoms with van der Waals surface area (Å²) in [4.78, 5) is 35.5. The normalized spacial score (nSPS) is 11.5. The van der Waals surface area contributed by atoms with Gasteiger partial charge in [0.2, 0.25) is 0 Å². The van der Waals surface area contributed by atoms with Crippen molar-refractivity contribution < 1.29 is 33.0 Å². The first-order valence-electron chi connectivity index (χ1n) is 10.3. The number of benzene rings is 3. The summed E-state index contributed by atoms with van der Waals surface area (Å²) in [5.74, 6) is -3.64. The summed E-state index contributed by atoms with van der Waals surface area (Å²) in [6, 6.07) is 15.5. The van der Waals surface area contributed by atoms with E-state index < -0.39 is 33.3 Å².